The standard InChI is InChI=1S/C29H25Cl2NO6S/c1-4-36-28(34)26-17(3)27(29(35)37-5-2)39-25(26)14-24(33)20(15-32)11-18-7-6-8-22(12-18)38-16-19-9-10-21(30)13-23(19)31/h6-13H,4-5,14,16H2,1-3H3/b20-11+. The lowest BCUT2D eigenvalue weighted by atomic mass is 10.0. The molecular formula is C29H25Cl2NO6S. The summed E-state index contributed by atoms with van der Waals surface area (Å²) in [7, 11) is 0. The van der Waals surface area contributed by atoms with E-state index in [1.165, 1.54) is 6.08 Å². The van der Waals surface area contributed by atoms with Crippen LogP contribution >= 0.6 is 34.5 Å². The van der Waals surface area contributed by atoms with Crippen LogP contribution in [0.3, 0.4) is 0 Å². The molecule has 1 aromatic heterocycles. The summed E-state index contributed by atoms with van der Waals surface area (Å²) in [5.41, 5.74) is 1.73. The Kier molecular flexibility index (Phi) is 10.7. The smallest absolute Gasteiger partial charge is 0.348 e. The molecule has 0 N–H and O–H groups in total. The predicted octanol–water partition coefficient (Wildman–Crippen LogP) is 7.01. The van der Waals surface area contributed by atoms with Gasteiger partial charge in [-0.1, -0.05) is 41.4 Å². The Bertz CT molecular complexity index is 1470. The third-order valence-corrected chi connectivity index (χ3v) is 7.34. The van der Waals surface area contributed by atoms with Gasteiger partial charge >= 0.3 is 11.9 Å². The lowest BCUT2D eigenvalue weighted by Crippen LogP contribution is -2.12. The summed E-state index contributed by atoms with van der Waals surface area (Å²) in [6.07, 6.45) is 1.19. The monoisotopic (exact) mass is 585 g/mol. The maximum Gasteiger partial charge on any atom is 0.348 e. The molecule has 202 valence electrons. The number of nitrogens with zero attached hydrogens (tertiary/aromatic N) is 1. The van der Waals surface area contributed by atoms with Crippen molar-refractivity contribution < 1.29 is 28.6 Å². The number of ketones is 1. The molecule has 2 aromatic carbocycles. The molecule has 0 radical (unpaired) electrons. The molecular weight excluding hydrogens is 561 g/mol. The number of carbonyl (C=O) groups excluding carboxylic acids is 3. The van der Waals surface area contributed by atoms with E-state index in [0.29, 0.717) is 31.8 Å². The van der Waals surface area contributed by atoms with Crippen LogP contribution in [-0.2, 0) is 27.3 Å². The van der Waals surface area contributed by atoms with Crippen LogP contribution in [0.5, 0.6) is 5.75 Å². The van der Waals surface area contributed by atoms with Crippen molar-refractivity contribution in [2.75, 3.05) is 13.2 Å². The van der Waals surface area contributed by atoms with Crippen molar-refractivity contribution in [2.45, 2.75) is 33.8 Å². The molecule has 0 bridgehead atoms. The predicted molar refractivity (Wildman–Crippen MR) is 151 cm³/mol. The normalized spacial score (nSPS) is 11.0. The number of halogens is 2. The zero-order valence-corrected chi connectivity index (χ0v) is 23.8. The third kappa shape index (κ3) is 7.70. The number of carbonyl (C=O) groups is 3. The molecule has 0 unspecified atom stereocenters. The molecule has 7 nitrogen and oxygen atoms in total. The Hall–Kier alpha value is -3.64. The second-order valence-electron chi connectivity index (χ2n) is 8.16. The van der Waals surface area contributed by atoms with Crippen LogP contribution in [0.2, 0.25) is 10.0 Å². The van der Waals surface area contributed by atoms with Gasteiger partial charge in [0.25, 0.3) is 0 Å². The maximum atomic E-state index is 13.1. The van der Waals surface area contributed by atoms with Crippen LogP contribution in [0, 0.1) is 18.3 Å². The van der Waals surface area contributed by atoms with Crippen molar-refractivity contribution in [2.24, 2.45) is 0 Å². The van der Waals surface area contributed by atoms with E-state index in [0.717, 1.165) is 16.9 Å². The van der Waals surface area contributed by atoms with Gasteiger partial charge in [-0.15, -0.1) is 11.3 Å². The molecule has 0 amide bonds. The quantitative estimate of drug-likeness (QED) is 0.135. The number of benzene rings is 2. The van der Waals surface area contributed by atoms with Crippen LogP contribution in [0.25, 0.3) is 6.08 Å². The highest BCUT2D eigenvalue weighted by atomic mass is 35.5. The van der Waals surface area contributed by atoms with Crippen LogP contribution in [-0.4, -0.2) is 30.9 Å². The Balaban J connectivity index is 1.84. The molecule has 0 saturated carbocycles. The van der Waals surface area contributed by atoms with Crippen LogP contribution in [0.15, 0.2) is 48.0 Å². The molecule has 1 heterocycles. The topological polar surface area (TPSA) is 103 Å². The molecule has 3 aromatic rings. The molecule has 39 heavy (non-hydrogen) atoms. The second-order valence-corrected chi connectivity index (χ2v) is 10.1. The number of esters is 2. The summed E-state index contributed by atoms with van der Waals surface area (Å²) >= 11 is 13.1. The first-order valence-corrected chi connectivity index (χ1v) is 13.5. The lowest BCUT2D eigenvalue weighted by molar-refractivity contribution is -0.114. The van der Waals surface area contributed by atoms with Gasteiger partial charge in [-0.2, -0.15) is 5.26 Å². The number of hydrogen-bond donors (Lipinski definition) is 0. The largest absolute Gasteiger partial charge is 0.489 e. The molecule has 0 aliphatic heterocycles. The van der Waals surface area contributed by atoms with Gasteiger partial charge in [0.1, 0.15) is 23.3 Å². The first kappa shape index (κ1) is 29.9. The van der Waals surface area contributed by atoms with Gasteiger partial charge in [-0.3, -0.25) is 4.79 Å². The molecule has 0 fully saturated rings. The van der Waals surface area contributed by atoms with E-state index in [1.807, 2.05) is 6.07 Å². The van der Waals surface area contributed by atoms with E-state index in [-0.39, 0.29) is 42.3 Å². The number of nitriles is 1. The molecule has 0 saturated heterocycles. The van der Waals surface area contributed by atoms with E-state index >= 15 is 0 Å². The maximum absolute atomic E-state index is 13.1. The van der Waals surface area contributed by atoms with Gasteiger partial charge in [-0.05, 0) is 62.2 Å². The zero-order chi connectivity index (χ0) is 28.5. The lowest BCUT2D eigenvalue weighted by Gasteiger charge is -2.09. The van der Waals surface area contributed by atoms with Crippen molar-refractivity contribution in [1.82, 2.24) is 0 Å². The second kappa shape index (κ2) is 13.9. The minimum Gasteiger partial charge on any atom is -0.489 e. The van der Waals surface area contributed by atoms with Gasteiger partial charge in [-0.25, -0.2) is 9.59 Å². The summed E-state index contributed by atoms with van der Waals surface area (Å²) in [6.45, 7) is 5.43. The SMILES string of the molecule is CCOC(=O)c1sc(CC(=O)/C(C#N)=C/c2cccc(OCc3ccc(Cl)cc3Cl)c2)c(C(=O)OCC)c1C. The fourth-order valence-electron chi connectivity index (χ4n) is 3.64. The minimum atomic E-state index is -0.641. The molecule has 0 aliphatic rings. The Morgan fingerprint density at radius 3 is 2.41 bits per heavy atom. The number of allylic oxidation sites excluding steroid dienone is 1. The minimum absolute atomic E-state index is 0.119. The van der Waals surface area contributed by atoms with E-state index < -0.39 is 17.7 Å². The van der Waals surface area contributed by atoms with Crippen molar-refractivity contribution in [3.63, 3.8) is 0 Å². The first-order valence-electron chi connectivity index (χ1n) is 12.0. The summed E-state index contributed by atoms with van der Waals surface area (Å²) in [5.74, 6) is -1.23. The van der Waals surface area contributed by atoms with E-state index in [2.05, 4.69) is 0 Å². The average molecular weight is 586 g/mol. The third-order valence-electron chi connectivity index (χ3n) is 5.48. The Morgan fingerprint density at radius 2 is 1.74 bits per heavy atom. The summed E-state index contributed by atoms with van der Waals surface area (Å²) in [4.78, 5) is 38.7. The van der Waals surface area contributed by atoms with Gasteiger partial charge in [0.05, 0.1) is 24.4 Å². The van der Waals surface area contributed by atoms with E-state index in [4.69, 9.17) is 37.4 Å². The number of ether oxygens (including phenoxy) is 3. The van der Waals surface area contributed by atoms with Crippen LogP contribution in [0.1, 0.15) is 55.4 Å². The summed E-state index contributed by atoms with van der Waals surface area (Å²) in [5, 5.41) is 10.7. The van der Waals surface area contributed by atoms with Crippen molar-refractivity contribution in [1.29, 1.82) is 5.26 Å². The molecule has 0 spiro atoms. The molecule has 3 rings (SSSR count). The fraction of sp³-hybridized carbons (Fsp3) is 0.241. The first-order chi connectivity index (χ1) is 18.7. The summed E-state index contributed by atoms with van der Waals surface area (Å²) in [6, 6.07) is 13.9. The summed E-state index contributed by atoms with van der Waals surface area (Å²) < 4.78 is 16.1. The van der Waals surface area contributed by atoms with Crippen LogP contribution in [0.4, 0.5) is 0 Å². The molecule has 0 atom stereocenters. The highest BCUT2D eigenvalue weighted by molar-refractivity contribution is 7.14. The zero-order valence-electron chi connectivity index (χ0n) is 21.5. The number of thiophene rings is 1. The Morgan fingerprint density at radius 1 is 1.03 bits per heavy atom. The Labute approximate surface area is 240 Å². The number of rotatable bonds is 11. The van der Waals surface area contributed by atoms with Crippen molar-refractivity contribution in [3.05, 3.63) is 90.1 Å². The fourth-order valence-corrected chi connectivity index (χ4v) is 5.28. The van der Waals surface area contributed by atoms with Gasteiger partial charge in [0.15, 0.2) is 5.78 Å². The highest BCUT2D eigenvalue weighted by Crippen LogP contribution is 2.31. The average Bonchev–Trinajstić information content (AvgIpc) is 3.22. The van der Waals surface area contributed by atoms with E-state index in [9.17, 15) is 19.6 Å². The van der Waals surface area contributed by atoms with Crippen molar-refractivity contribution in [3.8, 4) is 11.8 Å². The van der Waals surface area contributed by atoms with Gasteiger partial charge < -0.3 is 14.2 Å². The number of hydrogen-bond acceptors (Lipinski definition) is 8. The molecule has 0 aliphatic carbocycles. The van der Waals surface area contributed by atoms with Crippen molar-refractivity contribution >= 4 is 58.3 Å². The highest BCUT2D eigenvalue weighted by Gasteiger charge is 2.28. The number of Topliss-reactive ketones (excluding diaryl/α,β-unsaturated/α-hetero) is 1. The molecule has 10 heteroatoms. The van der Waals surface area contributed by atoms with E-state index in [1.54, 1.807) is 63.2 Å². The van der Waals surface area contributed by atoms with Crippen LogP contribution < -0.4 is 4.74 Å². The van der Waals surface area contributed by atoms with Gasteiger partial charge in [0.2, 0.25) is 0 Å². The van der Waals surface area contributed by atoms with Gasteiger partial charge in [0, 0.05) is 26.9 Å².